The molecule has 0 amide bonds. The highest BCUT2D eigenvalue weighted by atomic mass is 16.4. The number of hydrogen-bond donors (Lipinski definition) is 4. The minimum absolute atomic E-state index is 0.252. The molecule has 0 spiro atoms. The Bertz CT molecular complexity index is 125. The second-order valence-corrected chi connectivity index (χ2v) is 2.16. The second kappa shape index (κ2) is 5.06. The van der Waals surface area contributed by atoms with Crippen molar-refractivity contribution in [2.45, 2.75) is 12.2 Å². The van der Waals surface area contributed by atoms with E-state index < -0.39 is 12.0 Å². The standard InChI is InChI=1S/C6H15N3O2/c1-7-4(6(10)11)5(8-2)9-3/h4-5,7-9H,1-3H3,(H,10,11). The van der Waals surface area contributed by atoms with Crippen LogP contribution >= 0.6 is 0 Å². The summed E-state index contributed by atoms with van der Waals surface area (Å²) >= 11 is 0. The van der Waals surface area contributed by atoms with Crippen LogP contribution in [-0.4, -0.2) is 44.4 Å². The van der Waals surface area contributed by atoms with Crippen LogP contribution < -0.4 is 16.0 Å². The van der Waals surface area contributed by atoms with E-state index in [1.54, 1.807) is 21.1 Å². The van der Waals surface area contributed by atoms with Crippen molar-refractivity contribution in [3.05, 3.63) is 0 Å². The SMILES string of the molecule is CNC(NC)C(NC)C(=O)O. The summed E-state index contributed by atoms with van der Waals surface area (Å²) in [5.74, 6) is -0.874. The third-order valence-corrected chi connectivity index (χ3v) is 1.53. The lowest BCUT2D eigenvalue weighted by atomic mass is 10.2. The van der Waals surface area contributed by atoms with Gasteiger partial charge in [0, 0.05) is 0 Å². The summed E-state index contributed by atoms with van der Waals surface area (Å²) in [6.07, 6.45) is -0.252. The van der Waals surface area contributed by atoms with Gasteiger partial charge in [-0.05, 0) is 21.1 Å². The zero-order valence-electron chi connectivity index (χ0n) is 7.01. The summed E-state index contributed by atoms with van der Waals surface area (Å²) in [5.41, 5.74) is 0. The Kier molecular flexibility index (Phi) is 4.76. The molecule has 0 aliphatic heterocycles. The average molecular weight is 161 g/mol. The van der Waals surface area contributed by atoms with Gasteiger partial charge in [0.15, 0.2) is 0 Å². The number of carboxylic acid groups (broad SMARTS) is 1. The smallest absolute Gasteiger partial charge is 0.323 e. The minimum atomic E-state index is -0.874. The summed E-state index contributed by atoms with van der Waals surface area (Å²) in [7, 11) is 5.02. The number of likely N-dealkylation sites (N-methyl/N-ethyl adjacent to an activating group) is 3. The molecule has 1 unspecified atom stereocenters. The van der Waals surface area contributed by atoms with Crippen LogP contribution in [0.2, 0.25) is 0 Å². The van der Waals surface area contributed by atoms with E-state index in [0.29, 0.717) is 0 Å². The fourth-order valence-corrected chi connectivity index (χ4v) is 0.910. The number of carbonyl (C=O) groups is 1. The maximum atomic E-state index is 10.5. The summed E-state index contributed by atoms with van der Waals surface area (Å²) in [6.45, 7) is 0. The van der Waals surface area contributed by atoms with Crippen molar-refractivity contribution in [2.24, 2.45) is 0 Å². The van der Waals surface area contributed by atoms with E-state index in [1.165, 1.54) is 0 Å². The Labute approximate surface area is 66.2 Å². The van der Waals surface area contributed by atoms with Crippen LogP contribution in [0.5, 0.6) is 0 Å². The quantitative estimate of drug-likeness (QED) is 0.366. The normalized spacial score (nSPS) is 13.5. The highest BCUT2D eigenvalue weighted by Gasteiger charge is 2.23. The second-order valence-electron chi connectivity index (χ2n) is 2.16. The van der Waals surface area contributed by atoms with E-state index in [9.17, 15) is 4.79 Å². The Hall–Kier alpha value is -0.650. The molecular weight excluding hydrogens is 146 g/mol. The molecule has 0 bridgehead atoms. The molecule has 0 aliphatic carbocycles. The molecule has 0 heterocycles. The van der Waals surface area contributed by atoms with Gasteiger partial charge in [-0.3, -0.25) is 4.79 Å². The highest BCUT2D eigenvalue weighted by Crippen LogP contribution is 1.87. The lowest BCUT2D eigenvalue weighted by molar-refractivity contribution is -0.140. The number of nitrogens with one attached hydrogen (secondary N) is 3. The number of carboxylic acids is 1. The molecule has 4 N–H and O–H groups in total. The zero-order chi connectivity index (χ0) is 8.85. The monoisotopic (exact) mass is 161 g/mol. The highest BCUT2D eigenvalue weighted by molar-refractivity contribution is 5.74. The fourth-order valence-electron chi connectivity index (χ4n) is 0.910. The van der Waals surface area contributed by atoms with Crippen molar-refractivity contribution in [1.82, 2.24) is 16.0 Å². The molecule has 0 aromatic rings. The summed E-state index contributed by atoms with van der Waals surface area (Å²) in [4.78, 5) is 10.5. The third kappa shape index (κ3) is 2.83. The van der Waals surface area contributed by atoms with Crippen molar-refractivity contribution in [3.8, 4) is 0 Å². The van der Waals surface area contributed by atoms with E-state index in [0.717, 1.165) is 0 Å². The topological polar surface area (TPSA) is 73.4 Å². The number of rotatable bonds is 5. The van der Waals surface area contributed by atoms with E-state index in [1.807, 2.05) is 0 Å². The molecule has 11 heavy (non-hydrogen) atoms. The molecule has 0 saturated carbocycles. The zero-order valence-corrected chi connectivity index (χ0v) is 7.01. The van der Waals surface area contributed by atoms with Crippen molar-refractivity contribution in [1.29, 1.82) is 0 Å². The maximum Gasteiger partial charge on any atom is 0.323 e. The average Bonchev–Trinajstić information content (AvgIpc) is 1.99. The molecule has 5 nitrogen and oxygen atoms in total. The van der Waals surface area contributed by atoms with Gasteiger partial charge in [-0.1, -0.05) is 0 Å². The first-order valence-corrected chi connectivity index (χ1v) is 3.42. The van der Waals surface area contributed by atoms with E-state index in [-0.39, 0.29) is 6.17 Å². The molecule has 0 radical (unpaired) electrons. The van der Waals surface area contributed by atoms with E-state index >= 15 is 0 Å². The molecule has 66 valence electrons. The van der Waals surface area contributed by atoms with Crippen LogP contribution in [0.15, 0.2) is 0 Å². The van der Waals surface area contributed by atoms with Gasteiger partial charge in [-0.2, -0.15) is 0 Å². The third-order valence-electron chi connectivity index (χ3n) is 1.53. The van der Waals surface area contributed by atoms with Gasteiger partial charge < -0.3 is 21.1 Å². The van der Waals surface area contributed by atoms with Gasteiger partial charge in [0.1, 0.15) is 6.04 Å². The molecule has 0 fully saturated rings. The number of aliphatic carboxylic acids is 1. The van der Waals surface area contributed by atoms with E-state index in [4.69, 9.17) is 5.11 Å². The molecule has 0 saturated heterocycles. The van der Waals surface area contributed by atoms with Crippen molar-refractivity contribution >= 4 is 5.97 Å². The molecule has 1 atom stereocenters. The van der Waals surface area contributed by atoms with Crippen molar-refractivity contribution in [3.63, 3.8) is 0 Å². The molecule has 0 rings (SSSR count). The fraction of sp³-hybridized carbons (Fsp3) is 0.833. The first kappa shape index (κ1) is 10.3. The van der Waals surface area contributed by atoms with Crippen LogP contribution in [0.3, 0.4) is 0 Å². The number of hydrogen-bond acceptors (Lipinski definition) is 4. The van der Waals surface area contributed by atoms with Crippen LogP contribution in [0, 0.1) is 0 Å². The van der Waals surface area contributed by atoms with Gasteiger partial charge in [-0.25, -0.2) is 0 Å². The Balaban J connectivity index is 4.09. The Morgan fingerprint density at radius 3 is 1.73 bits per heavy atom. The molecule has 0 aromatic heterocycles. The van der Waals surface area contributed by atoms with Crippen LogP contribution in [0.4, 0.5) is 0 Å². The van der Waals surface area contributed by atoms with Crippen molar-refractivity contribution in [2.75, 3.05) is 21.1 Å². The molecule has 0 aliphatic rings. The molecule has 5 heteroatoms. The van der Waals surface area contributed by atoms with Crippen molar-refractivity contribution < 1.29 is 9.90 Å². The van der Waals surface area contributed by atoms with Crippen LogP contribution in [0.1, 0.15) is 0 Å². The van der Waals surface area contributed by atoms with Gasteiger partial charge in [0.05, 0.1) is 6.17 Å². The van der Waals surface area contributed by atoms with Gasteiger partial charge in [0.2, 0.25) is 0 Å². The lowest BCUT2D eigenvalue weighted by Crippen LogP contribution is -2.56. The largest absolute Gasteiger partial charge is 0.480 e. The Morgan fingerprint density at radius 2 is 1.64 bits per heavy atom. The minimum Gasteiger partial charge on any atom is -0.480 e. The summed E-state index contributed by atoms with van der Waals surface area (Å²) < 4.78 is 0. The lowest BCUT2D eigenvalue weighted by Gasteiger charge is -2.21. The molecule has 0 aromatic carbocycles. The van der Waals surface area contributed by atoms with Gasteiger partial charge in [0.25, 0.3) is 0 Å². The van der Waals surface area contributed by atoms with Gasteiger partial charge in [-0.15, -0.1) is 0 Å². The van der Waals surface area contributed by atoms with Gasteiger partial charge >= 0.3 is 5.97 Å². The maximum absolute atomic E-state index is 10.5. The van der Waals surface area contributed by atoms with Crippen LogP contribution in [-0.2, 0) is 4.79 Å². The first-order chi connectivity index (χ1) is 5.17. The van der Waals surface area contributed by atoms with E-state index in [2.05, 4.69) is 16.0 Å². The summed E-state index contributed by atoms with van der Waals surface area (Å²) in [6, 6.07) is -0.606. The molecular formula is C6H15N3O2. The first-order valence-electron chi connectivity index (χ1n) is 3.42. The summed E-state index contributed by atoms with van der Waals surface area (Å²) in [5, 5.41) is 17.0. The predicted octanol–water partition coefficient (Wildman–Crippen LogP) is -1.58. The Morgan fingerprint density at radius 1 is 1.18 bits per heavy atom. The predicted molar refractivity (Wildman–Crippen MR) is 42.4 cm³/mol. The van der Waals surface area contributed by atoms with Crippen LogP contribution in [0.25, 0.3) is 0 Å².